The summed E-state index contributed by atoms with van der Waals surface area (Å²) in [6.45, 7) is 6.56. The highest BCUT2D eigenvalue weighted by molar-refractivity contribution is 5.29. The average Bonchev–Trinajstić information content (AvgIpc) is 2.34. The van der Waals surface area contributed by atoms with E-state index in [9.17, 15) is 4.39 Å². The van der Waals surface area contributed by atoms with Crippen LogP contribution in [-0.2, 0) is 11.3 Å². The fraction of sp³-hybridized carbons (Fsp3) is 0.571. The number of morpholine rings is 1. The van der Waals surface area contributed by atoms with Crippen LogP contribution in [0.4, 0.5) is 4.39 Å². The van der Waals surface area contributed by atoms with Crippen LogP contribution in [0.25, 0.3) is 0 Å². The molecule has 1 aromatic carbocycles. The van der Waals surface area contributed by atoms with Gasteiger partial charge in [0.2, 0.25) is 0 Å². The lowest BCUT2D eigenvalue weighted by Crippen LogP contribution is -2.46. The molecule has 0 radical (unpaired) electrons. The van der Waals surface area contributed by atoms with Crippen LogP contribution in [0.5, 0.6) is 5.75 Å². The summed E-state index contributed by atoms with van der Waals surface area (Å²) in [5, 5.41) is 0. The number of rotatable bonds is 3. The van der Waals surface area contributed by atoms with E-state index in [2.05, 4.69) is 18.7 Å². The van der Waals surface area contributed by atoms with Gasteiger partial charge in [-0.25, -0.2) is 4.39 Å². The number of hydrogen-bond donors (Lipinski definition) is 0. The van der Waals surface area contributed by atoms with Crippen LogP contribution in [0, 0.1) is 5.82 Å². The Morgan fingerprint density at radius 3 is 2.89 bits per heavy atom. The second-order valence-electron chi connectivity index (χ2n) is 4.89. The summed E-state index contributed by atoms with van der Waals surface area (Å²) < 4.78 is 24.1. The SMILES string of the molecule is COc1ccc(CN2C[C@@H](C)OC[C@@H]2C)cc1F. The maximum Gasteiger partial charge on any atom is 0.165 e. The maximum atomic E-state index is 13.6. The van der Waals surface area contributed by atoms with Crippen molar-refractivity contribution in [3.63, 3.8) is 0 Å². The Hall–Kier alpha value is -1.13. The van der Waals surface area contributed by atoms with E-state index >= 15 is 0 Å². The molecular weight excluding hydrogens is 233 g/mol. The zero-order valence-electron chi connectivity index (χ0n) is 11.1. The summed E-state index contributed by atoms with van der Waals surface area (Å²) in [5.74, 6) is -0.00824. The highest BCUT2D eigenvalue weighted by Crippen LogP contribution is 2.20. The predicted molar refractivity (Wildman–Crippen MR) is 68.2 cm³/mol. The van der Waals surface area contributed by atoms with Crippen LogP contribution in [0.2, 0.25) is 0 Å². The molecule has 0 aromatic heterocycles. The molecule has 18 heavy (non-hydrogen) atoms. The van der Waals surface area contributed by atoms with Crippen molar-refractivity contribution in [1.82, 2.24) is 4.90 Å². The van der Waals surface area contributed by atoms with E-state index in [0.29, 0.717) is 11.8 Å². The topological polar surface area (TPSA) is 21.7 Å². The molecule has 1 aliphatic rings. The van der Waals surface area contributed by atoms with Crippen LogP contribution in [0.1, 0.15) is 19.4 Å². The largest absolute Gasteiger partial charge is 0.494 e. The van der Waals surface area contributed by atoms with Gasteiger partial charge < -0.3 is 9.47 Å². The molecule has 0 N–H and O–H groups in total. The highest BCUT2D eigenvalue weighted by atomic mass is 19.1. The summed E-state index contributed by atoms with van der Waals surface area (Å²) >= 11 is 0. The quantitative estimate of drug-likeness (QED) is 0.826. The number of benzene rings is 1. The first-order chi connectivity index (χ1) is 8.60. The van der Waals surface area contributed by atoms with Crippen molar-refractivity contribution in [2.45, 2.75) is 32.5 Å². The van der Waals surface area contributed by atoms with Crippen molar-refractivity contribution >= 4 is 0 Å². The monoisotopic (exact) mass is 253 g/mol. The minimum absolute atomic E-state index is 0.240. The Balaban J connectivity index is 2.06. The zero-order valence-corrected chi connectivity index (χ0v) is 11.1. The Morgan fingerprint density at radius 2 is 2.22 bits per heavy atom. The van der Waals surface area contributed by atoms with Gasteiger partial charge in [0.25, 0.3) is 0 Å². The summed E-state index contributed by atoms with van der Waals surface area (Å²) in [5.41, 5.74) is 0.967. The van der Waals surface area contributed by atoms with Gasteiger partial charge in [-0.05, 0) is 31.5 Å². The molecule has 0 amide bonds. The number of halogens is 1. The molecule has 2 rings (SSSR count). The van der Waals surface area contributed by atoms with Gasteiger partial charge in [0, 0.05) is 19.1 Å². The van der Waals surface area contributed by atoms with Crippen LogP contribution >= 0.6 is 0 Å². The molecule has 0 saturated carbocycles. The fourth-order valence-electron chi connectivity index (χ4n) is 2.23. The number of methoxy groups -OCH3 is 1. The fourth-order valence-corrected chi connectivity index (χ4v) is 2.23. The molecule has 0 aliphatic carbocycles. The van der Waals surface area contributed by atoms with Crippen molar-refractivity contribution in [2.24, 2.45) is 0 Å². The lowest BCUT2D eigenvalue weighted by Gasteiger charge is -2.36. The average molecular weight is 253 g/mol. The van der Waals surface area contributed by atoms with Crippen molar-refractivity contribution < 1.29 is 13.9 Å². The Kier molecular flexibility index (Phi) is 4.19. The molecule has 1 aromatic rings. The van der Waals surface area contributed by atoms with Crippen LogP contribution < -0.4 is 4.74 Å². The normalized spacial score (nSPS) is 25.1. The van der Waals surface area contributed by atoms with Gasteiger partial charge in [0.15, 0.2) is 11.6 Å². The third-order valence-electron chi connectivity index (χ3n) is 3.34. The van der Waals surface area contributed by atoms with Crippen LogP contribution in [-0.4, -0.2) is 37.3 Å². The third-order valence-corrected chi connectivity index (χ3v) is 3.34. The number of hydrogen-bond acceptors (Lipinski definition) is 3. The Bertz CT molecular complexity index is 411. The molecule has 1 saturated heterocycles. The van der Waals surface area contributed by atoms with Gasteiger partial charge in [-0.1, -0.05) is 6.07 Å². The van der Waals surface area contributed by atoms with Gasteiger partial charge in [-0.3, -0.25) is 4.90 Å². The van der Waals surface area contributed by atoms with Crippen molar-refractivity contribution in [2.75, 3.05) is 20.3 Å². The van der Waals surface area contributed by atoms with Gasteiger partial charge in [-0.15, -0.1) is 0 Å². The number of ether oxygens (including phenoxy) is 2. The van der Waals surface area contributed by atoms with E-state index in [0.717, 1.165) is 25.3 Å². The van der Waals surface area contributed by atoms with E-state index in [1.165, 1.54) is 7.11 Å². The summed E-state index contributed by atoms with van der Waals surface area (Å²) in [6, 6.07) is 5.51. The van der Waals surface area contributed by atoms with E-state index in [4.69, 9.17) is 9.47 Å². The van der Waals surface area contributed by atoms with Crippen molar-refractivity contribution in [3.8, 4) is 5.75 Å². The minimum Gasteiger partial charge on any atom is -0.494 e. The van der Waals surface area contributed by atoms with E-state index in [1.54, 1.807) is 12.1 Å². The zero-order chi connectivity index (χ0) is 13.1. The summed E-state index contributed by atoms with van der Waals surface area (Å²) in [7, 11) is 1.48. The first-order valence-electron chi connectivity index (χ1n) is 6.28. The van der Waals surface area contributed by atoms with E-state index in [1.807, 2.05) is 6.07 Å². The standard InChI is InChI=1S/C14H20FNO2/c1-10-9-18-11(2)7-16(10)8-12-4-5-14(17-3)13(15)6-12/h4-6,10-11H,7-9H2,1-3H3/t10-,11+/m0/s1. The molecule has 100 valence electrons. The van der Waals surface area contributed by atoms with Crippen molar-refractivity contribution in [3.05, 3.63) is 29.6 Å². The molecule has 4 heteroatoms. The lowest BCUT2D eigenvalue weighted by molar-refractivity contribution is -0.0526. The Labute approximate surface area is 107 Å². The van der Waals surface area contributed by atoms with E-state index in [-0.39, 0.29) is 11.9 Å². The van der Waals surface area contributed by atoms with Crippen LogP contribution in [0.3, 0.4) is 0 Å². The molecule has 0 spiro atoms. The molecular formula is C14H20FNO2. The molecule has 3 nitrogen and oxygen atoms in total. The van der Waals surface area contributed by atoms with E-state index < -0.39 is 0 Å². The van der Waals surface area contributed by atoms with Gasteiger partial charge >= 0.3 is 0 Å². The maximum absolute atomic E-state index is 13.6. The molecule has 1 heterocycles. The Morgan fingerprint density at radius 1 is 1.44 bits per heavy atom. The second-order valence-corrected chi connectivity index (χ2v) is 4.89. The van der Waals surface area contributed by atoms with Crippen LogP contribution in [0.15, 0.2) is 18.2 Å². The lowest BCUT2D eigenvalue weighted by atomic mass is 10.1. The van der Waals surface area contributed by atoms with Gasteiger partial charge in [-0.2, -0.15) is 0 Å². The summed E-state index contributed by atoms with van der Waals surface area (Å²) in [4.78, 5) is 2.31. The van der Waals surface area contributed by atoms with Gasteiger partial charge in [0.05, 0.1) is 19.8 Å². The molecule has 1 aliphatic heterocycles. The first-order valence-corrected chi connectivity index (χ1v) is 6.28. The predicted octanol–water partition coefficient (Wildman–Crippen LogP) is 2.44. The molecule has 1 fully saturated rings. The minimum atomic E-state index is -0.302. The van der Waals surface area contributed by atoms with Crippen molar-refractivity contribution in [1.29, 1.82) is 0 Å². The first kappa shape index (κ1) is 13.3. The third kappa shape index (κ3) is 3.00. The highest BCUT2D eigenvalue weighted by Gasteiger charge is 2.23. The number of nitrogens with zero attached hydrogens (tertiary/aromatic N) is 1. The molecule has 0 bridgehead atoms. The second kappa shape index (κ2) is 5.67. The molecule has 0 unspecified atom stereocenters. The van der Waals surface area contributed by atoms with Gasteiger partial charge in [0.1, 0.15) is 0 Å². The summed E-state index contributed by atoms with van der Waals surface area (Å²) in [6.07, 6.45) is 0.240. The molecule has 2 atom stereocenters. The smallest absolute Gasteiger partial charge is 0.165 e.